The second-order valence-electron chi connectivity index (χ2n) is 7.31. The number of halogens is 1. The van der Waals surface area contributed by atoms with E-state index in [0.717, 1.165) is 60.0 Å². The number of aromatic nitrogens is 2. The maximum atomic E-state index is 13.2. The Kier molecular flexibility index (Phi) is 3.67. The molecule has 0 radical (unpaired) electrons. The van der Waals surface area contributed by atoms with Gasteiger partial charge in [0.05, 0.1) is 11.0 Å². The number of anilines is 2. The summed E-state index contributed by atoms with van der Waals surface area (Å²) in [5.41, 5.74) is 4.81. The van der Waals surface area contributed by atoms with Crippen LogP contribution >= 0.6 is 0 Å². The molecule has 1 aromatic heterocycles. The van der Waals surface area contributed by atoms with Crippen LogP contribution in [0.4, 0.5) is 16.0 Å². The second-order valence-corrected chi connectivity index (χ2v) is 7.31. The highest BCUT2D eigenvalue weighted by Crippen LogP contribution is 2.32. The average molecular weight is 364 g/mol. The van der Waals surface area contributed by atoms with Crippen LogP contribution in [0.1, 0.15) is 22.3 Å². The first-order valence-electron chi connectivity index (χ1n) is 9.40. The quantitative estimate of drug-likeness (QED) is 0.699. The molecule has 2 aromatic carbocycles. The largest absolute Gasteiger partial charge is 0.368 e. The van der Waals surface area contributed by atoms with Gasteiger partial charge < -0.3 is 14.4 Å². The van der Waals surface area contributed by atoms with Crippen LogP contribution in [0.3, 0.4) is 0 Å². The molecule has 0 saturated carbocycles. The minimum absolute atomic E-state index is 0.207. The SMILES string of the molecule is Cc1ccc2nc(N3CCN(c4ccc(F)cc4)CC3)n3c2c1C(=O)CC3. The molecule has 0 aliphatic carbocycles. The third-order valence-corrected chi connectivity index (χ3v) is 5.69. The smallest absolute Gasteiger partial charge is 0.206 e. The second kappa shape index (κ2) is 6.08. The molecule has 27 heavy (non-hydrogen) atoms. The molecule has 0 N–H and O–H groups in total. The van der Waals surface area contributed by atoms with Crippen molar-refractivity contribution in [1.82, 2.24) is 9.55 Å². The zero-order valence-electron chi connectivity index (χ0n) is 15.3. The van der Waals surface area contributed by atoms with Crippen LogP contribution in [0.5, 0.6) is 0 Å². The van der Waals surface area contributed by atoms with Crippen LogP contribution < -0.4 is 9.80 Å². The summed E-state index contributed by atoms with van der Waals surface area (Å²) in [4.78, 5) is 21.8. The van der Waals surface area contributed by atoms with Crippen LogP contribution in [0.15, 0.2) is 36.4 Å². The monoisotopic (exact) mass is 364 g/mol. The van der Waals surface area contributed by atoms with Crippen molar-refractivity contribution >= 4 is 28.5 Å². The number of carbonyl (C=O) groups excluding carboxylic acids is 1. The summed E-state index contributed by atoms with van der Waals surface area (Å²) in [7, 11) is 0. The molecule has 0 amide bonds. The molecule has 0 unspecified atom stereocenters. The predicted octanol–water partition coefficient (Wildman–Crippen LogP) is 3.40. The molecule has 3 heterocycles. The molecule has 2 aliphatic rings. The topological polar surface area (TPSA) is 41.4 Å². The normalized spacial score (nSPS) is 17.0. The third kappa shape index (κ3) is 2.59. The minimum Gasteiger partial charge on any atom is -0.368 e. The first kappa shape index (κ1) is 16.3. The Labute approximate surface area is 157 Å². The van der Waals surface area contributed by atoms with Gasteiger partial charge in [0.15, 0.2) is 5.78 Å². The Morgan fingerprint density at radius 3 is 2.37 bits per heavy atom. The Balaban J connectivity index is 1.44. The number of rotatable bonds is 2. The van der Waals surface area contributed by atoms with Gasteiger partial charge in [-0.3, -0.25) is 4.79 Å². The number of hydrogen-bond donors (Lipinski definition) is 0. The van der Waals surface area contributed by atoms with E-state index in [1.807, 2.05) is 31.2 Å². The van der Waals surface area contributed by atoms with Gasteiger partial charge in [0.2, 0.25) is 5.95 Å². The summed E-state index contributed by atoms with van der Waals surface area (Å²) in [6.45, 7) is 6.11. The molecule has 3 aromatic rings. The molecule has 6 heteroatoms. The van der Waals surface area contributed by atoms with Gasteiger partial charge in [-0.15, -0.1) is 0 Å². The molecule has 1 saturated heterocycles. The summed E-state index contributed by atoms with van der Waals surface area (Å²) in [5, 5.41) is 0. The number of Topliss-reactive ketones (excluding diaryl/α,β-unsaturated/α-hetero) is 1. The predicted molar refractivity (Wildman–Crippen MR) is 104 cm³/mol. The van der Waals surface area contributed by atoms with Crippen LogP contribution in [0.2, 0.25) is 0 Å². The first-order chi connectivity index (χ1) is 13.1. The van der Waals surface area contributed by atoms with Gasteiger partial charge in [-0.05, 0) is 42.8 Å². The first-order valence-corrected chi connectivity index (χ1v) is 9.40. The fraction of sp³-hybridized carbons (Fsp3) is 0.333. The highest BCUT2D eigenvalue weighted by molar-refractivity contribution is 6.09. The van der Waals surface area contributed by atoms with Crippen molar-refractivity contribution in [3.8, 4) is 0 Å². The fourth-order valence-electron chi connectivity index (χ4n) is 4.27. The Morgan fingerprint density at radius 2 is 1.63 bits per heavy atom. The Hall–Kier alpha value is -2.89. The van der Waals surface area contributed by atoms with Gasteiger partial charge in [-0.1, -0.05) is 6.07 Å². The standard InChI is InChI=1S/C21H21FN4O/c1-14-2-7-17-20-19(14)18(27)8-9-26(20)21(23-17)25-12-10-24(11-13-25)16-5-3-15(22)4-6-16/h2-7H,8-13H2,1H3. The van der Waals surface area contributed by atoms with E-state index >= 15 is 0 Å². The molecular formula is C21H21FN4O. The summed E-state index contributed by atoms with van der Waals surface area (Å²) >= 11 is 0. The van der Waals surface area contributed by atoms with Crippen molar-refractivity contribution in [3.63, 3.8) is 0 Å². The van der Waals surface area contributed by atoms with Gasteiger partial charge in [0.25, 0.3) is 0 Å². The van der Waals surface area contributed by atoms with E-state index in [2.05, 4.69) is 14.4 Å². The lowest BCUT2D eigenvalue weighted by Gasteiger charge is -2.37. The van der Waals surface area contributed by atoms with E-state index in [4.69, 9.17) is 4.98 Å². The number of ketones is 1. The lowest BCUT2D eigenvalue weighted by molar-refractivity contribution is 0.0973. The highest BCUT2D eigenvalue weighted by atomic mass is 19.1. The Morgan fingerprint density at radius 1 is 0.926 bits per heavy atom. The van der Waals surface area contributed by atoms with E-state index in [-0.39, 0.29) is 11.6 Å². The molecule has 0 atom stereocenters. The number of aryl methyl sites for hydroxylation is 2. The third-order valence-electron chi connectivity index (χ3n) is 5.69. The lowest BCUT2D eigenvalue weighted by atomic mass is 9.98. The molecule has 138 valence electrons. The Bertz CT molecular complexity index is 1030. The summed E-state index contributed by atoms with van der Waals surface area (Å²) < 4.78 is 15.4. The van der Waals surface area contributed by atoms with E-state index < -0.39 is 0 Å². The zero-order chi connectivity index (χ0) is 18.5. The van der Waals surface area contributed by atoms with Crippen LogP contribution in [-0.2, 0) is 6.54 Å². The molecule has 1 fully saturated rings. The maximum Gasteiger partial charge on any atom is 0.206 e. The summed E-state index contributed by atoms with van der Waals surface area (Å²) in [5.74, 6) is 0.975. The number of nitrogens with zero attached hydrogens (tertiary/aromatic N) is 4. The van der Waals surface area contributed by atoms with Crippen molar-refractivity contribution < 1.29 is 9.18 Å². The van der Waals surface area contributed by atoms with Crippen molar-refractivity contribution in [2.75, 3.05) is 36.0 Å². The van der Waals surface area contributed by atoms with Gasteiger partial charge in [-0.25, -0.2) is 9.37 Å². The van der Waals surface area contributed by atoms with E-state index in [9.17, 15) is 9.18 Å². The average Bonchev–Trinajstić information content (AvgIpc) is 3.06. The van der Waals surface area contributed by atoms with E-state index in [1.54, 1.807) is 0 Å². The van der Waals surface area contributed by atoms with Gasteiger partial charge in [-0.2, -0.15) is 0 Å². The summed E-state index contributed by atoms with van der Waals surface area (Å²) in [6.07, 6.45) is 0.534. The molecule has 5 nitrogen and oxygen atoms in total. The van der Waals surface area contributed by atoms with Crippen molar-refractivity contribution in [2.45, 2.75) is 19.9 Å². The van der Waals surface area contributed by atoms with Crippen LogP contribution in [-0.4, -0.2) is 41.5 Å². The maximum absolute atomic E-state index is 13.2. The number of hydrogen-bond acceptors (Lipinski definition) is 4. The summed E-state index contributed by atoms with van der Waals surface area (Å²) in [6, 6.07) is 10.7. The van der Waals surface area contributed by atoms with Crippen LogP contribution in [0.25, 0.3) is 11.0 Å². The zero-order valence-corrected chi connectivity index (χ0v) is 15.3. The highest BCUT2D eigenvalue weighted by Gasteiger charge is 2.28. The number of piperazine rings is 1. The van der Waals surface area contributed by atoms with Gasteiger partial charge in [0, 0.05) is 50.4 Å². The molecule has 0 spiro atoms. The molecule has 0 bridgehead atoms. The lowest BCUT2D eigenvalue weighted by Crippen LogP contribution is -2.47. The number of imidazole rings is 1. The van der Waals surface area contributed by atoms with Crippen molar-refractivity contribution in [1.29, 1.82) is 0 Å². The fourth-order valence-corrected chi connectivity index (χ4v) is 4.27. The van der Waals surface area contributed by atoms with E-state index in [1.165, 1.54) is 12.1 Å². The molecule has 5 rings (SSSR count). The van der Waals surface area contributed by atoms with Crippen LogP contribution in [0, 0.1) is 12.7 Å². The minimum atomic E-state index is -0.207. The van der Waals surface area contributed by atoms with Crippen molar-refractivity contribution in [2.24, 2.45) is 0 Å². The number of benzene rings is 2. The molecule has 2 aliphatic heterocycles. The van der Waals surface area contributed by atoms with Gasteiger partial charge >= 0.3 is 0 Å². The van der Waals surface area contributed by atoms with Crippen molar-refractivity contribution in [3.05, 3.63) is 53.3 Å². The molecular weight excluding hydrogens is 343 g/mol. The van der Waals surface area contributed by atoms with Gasteiger partial charge in [0.1, 0.15) is 5.82 Å². The van der Waals surface area contributed by atoms with E-state index in [0.29, 0.717) is 13.0 Å². The number of carbonyl (C=O) groups is 1.